The van der Waals surface area contributed by atoms with Gasteiger partial charge in [0.1, 0.15) is 0 Å². The molecule has 0 bridgehead atoms. The highest BCUT2D eigenvalue weighted by molar-refractivity contribution is 5.30. The van der Waals surface area contributed by atoms with Gasteiger partial charge in [-0.2, -0.15) is 0 Å². The topological polar surface area (TPSA) is 9.23 Å². The summed E-state index contributed by atoms with van der Waals surface area (Å²) in [5.41, 5.74) is 3.00. The van der Waals surface area contributed by atoms with Crippen molar-refractivity contribution in [2.75, 3.05) is 6.61 Å². The maximum absolute atomic E-state index is 5.81. The highest BCUT2D eigenvalue weighted by Gasteiger charge is 2.35. The van der Waals surface area contributed by atoms with Crippen LogP contribution in [0, 0.1) is 11.8 Å². The fourth-order valence-corrected chi connectivity index (χ4v) is 2.34. The first-order valence-corrected chi connectivity index (χ1v) is 5.23. The molecule has 1 aliphatic rings. The van der Waals surface area contributed by atoms with Crippen molar-refractivity contribution in [3.05, 3.63) is 11.1 Å². The summed E-state index contributed by atoms with van der Waals surface area (Å²) in [6.45, 7) is 14.2. The van der Waals surface area contributed by atoms with Crippen LogP contribution < -0.4 is 0 Å². The van der Waals surface area contributed by atoms with Gasteiger partial charge in [0.25, 0.3) is 0 Å². The lowest BCUT2D eigenvalue weighted by atomic mass is 9.84. The van der Waals surface area contributed by atoms with Crippen molar-refractivity contribution >= 4 is 0 Å². The minimum absolute atomic E-state index is 0.0340. The van der Waals surface area contributed by atoms with E-state index in [1.165, 1.54) is 11.1 Å². The van der Waals surface area contributed by atoms with E-state index < -0.39 is 0 Å². The molecule has 0 N–H and O–H groups in total. The van der Waals surface area contributed by atoms with Gasteiger partial charge in [-0.15, -0.1) is 0 Å². The van der Waals surface area contributed by atoms with E-state index in [1.54, 1.807) is 0 Å². The van der Waals surface area contributed by atoms with Gasteiger partial charge in [-0.1, -0.05) is 27.7 Å². The first-order chi connectivity index (χ1) is 5.86. The summed E-state index contributed by atoms with van der Waals surface area (Å²) in [6.07, 6.45) is 0. The molecule has 0 spiro atoms. The summed E-state index contributed by atoms with van der Waals surface area (Å²) in [5, 5.41) is 0. The van der Waals surface area contributed by atoms with Gasteiger partial charge in [0.05, 0.1) is 12.2 Å². The van der Waals surface area contributed by atoms with Gasteiger partial charge in [0, 0.05) is 0 Å². The number of rotatable bonds is 2. The van der Waals surface area contributed by atoms with Crippen LogP contribution in [0.5, 0.6) is 0 Å². The van der Waals surface area contributed by atoms with Crippen LogP contribution in [0.3, 0.4) is 0 Å². The van der Waals surface area contributed by atoms with Crippen LogP contribution in [0.2, 0.25) is 0 Å². The average molecular weight is 182 g/mol. The van der Waals surface area contributed by atoms with Gasteiger partial charge in [-0.3, -0.25) is 0 Å². The average Bonchev–Trinajstić information content (AvgIpc) is 2.24. The molecule has 0 saturated heterocycles. The second-order valence-corrected chi connectivity index (χ2v) is 5.05. The van der Waals surface area contributed by atoms with Gasteiger partial charge in [-0.25, -0.2) is 0 Å². The van der Waals surface area contributed by atoms with Crippen LogP contribution in [0.1, 0.15) is 41.5 Å². The van der Waals surface area contributed by atoms with Crippen LogP contribution in [-0.2, 0) is 4.74 Å². The minimum Gasteiger partial charge on any atom is -0.367 e. The van der Waals surface area contributed by atoms with Crippen LogP contribution in [0.25, 0.3) is 0 Å². The molecule has 0 aromatic carbocycles. The zero-order chi connectivity index (χ0) is 10.2. The van der Waals surface area contributed by atoms with E-state index in [4.69, 9.17) is 4.74 Å². The molecule has 0 aromatic rings. The lowest BCUT2D eigenvalue weighted by molar-refractivity contribution is 0.0426. The van der Waals surface area contributed by atoms with E-state index in [1.807, 2.05) is 0 Å². The molecule has 0 unspecified atom stereocenters. The molecule has 0 radical (unpaired) electrons. The fourth-order valence-electron chi connectivity index (χ4n) is 2.34. The Balaban J connectivity index is 3.06. The van der Waals surface area contributed by atoms with E-state index in [0.29, 0.717) is 11.8 Å². The maximum Gasteiger partial charge on any atom is 0.0845 e. The van der Waals surface area contributed by atoms with E-state index in [0.717, 1.165) is 6.61 Å². The molecule has 13 heavy (non-hydrogen) atoms. The zero-order valence-electron chi connectivity index (χ0n) is 9.77. The molecule has 0 amide bonds. The zero-order valence-corrected chi connectivity index (χ0v) is 9.77. The molecular formula is C12H22O. The van der Waals surface area contributed by atoms with E-state index in [2.05, 4.69) is 41.5 Å². The number of ether oxygens (including phenoxy) is 1. The van der Waals surface area contributed by atoms with Crippen molar-refractivity contribution in [1.82, 2.24) is 0 Å². The lowest BCUT2D eigenvalue weighted by Crippen LogP contribution is -2.24. The highest BCUT2D eigenvalue weighted by atomic mass is 16.5. The molecule has 1 nitrogen and oxygen atoms in total. The van der Waals surface area contributed by atoms with Crippen molar-refractivity contribution in [2.24, 2.45) is 11.8 Å². The molecule has 1 heterocycles. The second kappa shape index (κ2) is 3.45. The first-order valence-electron chi connectivity index (χ1n) is 5.23. The summed E-state index contributed by atoms with van der Waals surface area (Å²) in [6, 6.07) is 0. The molecule has 0 aliphatic carbocycles. The Labute approximate surface area is 82.2 Å². The summed E-state index contributed by atoms with van der Waals surface area (Å²) in [5.74, 6) is 1.23. The Hall–Kier alpha value is -0.300. The summed E-state index contributed by atoms with van der Waals surface area (Å²) < 4.78 is 5.81. The number of hydrogen-bond acceptors (Lipinski definition) is 1. The SMILES string of the molecule is CC(C)C1=C(C(C)C)C(C)(C)OC1. The molecule has 0 saturated carbocycles. The molecule has 0 aromatic heterocycles. The monoisotopic (exact) mass is 182 g/mol. The molecule has 1 rings (SSSR count). The quantitative estimate of drug-likeness (QED) is 0.595. The summed E-state index contributed by atoms with van der Waals surface area (Å²) >= 11 is 0. The Kier molecular flexibility index (Phi) is 2.86. The number of hydrogen-bond donors (Lipinski definition) is 0. The van der Waals surface area contributed by atoms with Crippen LogP contribution in [0.4, 0.5) is 0 Å². The largest absolute Gasteiger partial charge is 0.367 e. The molecular weight excluding hydrogens is 160 g/mol. The highest BCUT2D eigenvalue weighted by Crippen LogP contribution is 2.38. The molecule has 1 heteroatoms. The second-order valence-electron chi connectivity index (χ2n) is 5.05. The van der Waals surface area contributed by atoms with Crippen molar-refractivity contribution in [1.29, 1.82) is 0 Å². The lowest BCUT2D eigenvalue weighted by Gasteiger charge is -2.25. The van der Waals surface area contributed by atoms with Gasteiger partial charge in [0.15, 0.2) is 0 Å². The fraction of sp³-hybridized carbons (Fsp3) is 0.833. The van der Waals surface area contributed by atoms with Crippen molar-refractivity contribution in [3.63, 3.8) is 0 Å². The Morgan fingerprint density at radius 2 is 1.62 bits per heavy atom. The third kappa shape index (κ3) is 1.96. The summed E-state index contributed by atoms with van der Waals surface area (Å²) in [4.78, 5) is 0. The van der Waals surface area contributed by atoms with Crippen molar-refractivity contribution < 1.29 is 4.74 Å². The van der Waals surface area contributed by atoms with E-state index >= 15 is 0 Å². The van der Waals surface area contributed by atoms with Gasteiger partial charge in [-0.05, 0) is 36.8 Å². The maximum atomic E-state index is 5.81. The third-order valence-electron chi connectivity index (χ3n) is 2.86. The predicted molar refractivity (Wildman–Crippen MR) is 56.7 cm³/mol. The minimum atomic E-state index is -0.0340. The third-order valence-corrected chi connectivity index (χ3v) is 2.86. The van der Waals surface area contributed by atoms with Crippen LogP contribution >= 0.6 is 0 Å². The molecule has 76 valence electrons. The van der Waals surface area contributed by atoms with Crippen molar-refractivity contribution in [3.8, 4) is 0 Å². The predicted octanol–water partition coefficient (Wildman–Crippen LogP) is 3.40. The van der Waals surface area contributed by atoms with Gasteiger partial charge >= 0.3 is 0 Å². The first kappa shape index (κ1) is 10.8. The van der Waals surface area contributed by atoms with Crippen LogP contribution in [0.15, 0.2) is 11.1 Å². The van der Waals surface area contributed by atoms with Gasteiger partial charge < -0.3 is 4.74 Å². The molecule has 0 atom stereocenters. The van der Waals surface area contributed by atoms with E-state index in [9.17, 15) is 0 Å². The van der Waals surface area contributed by atoms with E-state index in [-0.39, 0.29) is 5.60 Å². The van der Waals surface area contributed by atoms with Crippen molar-refractivity contribution in [2.45, 2.75) is 47.1 Å². The Morgan fingerprint density at radius 1 is 1.08 bits per heavy atom. The Morgan fingerprint density at radius 3 is 1.92 bits per heavy atom. The standard InChI is InChI=1S/C12H22O/c1-8(2)10-7-13-12(5,6)11(10)9(3)4/h8-9H,7H2,1-6H3. The Bertz CT molecular complexity index is 221. The normalized spacial score (nSPS) is 22.2. The van der Waals surface area contributed by atoms with Gasteiger partial charge in [0.2, 0.25) is 0 Å². The van der Waals surface area contributed by atoms with Crippen LogP contribution in [-0.4, -0.2) is 12.2 Å². The smallest absolute Gasteiger partial charge is 0.0845 e. The summed E-state index contributed by atoms with van der Waals surface area (Å²) in [7, 11) is 0. The molecule has 1 aliphatic heterocycles. The molecule has 0 fully saturated rings.